The lowest BCUT2D eigenvalue weighted by Crippen LogP contribution is -2.30. The third-order valence-electron chi connectivity index (χ3n) is 13.4. The van der Waals surface area contributed by atoms with E-state index in [-0.39, 0.29) is 31.1 Å². The van der Waals surface area contributed by atoms with Crippen molar-refractivity contribution in [2.24, 2.45) is 0 Å². The van der Waals surface area contributed by atoms with E-state index in [4.69, 9.17) is 14.2 Å². The largest absolute Gasteiger partial charge is 0.462 e. The molecule has 0 spiro atoms. The van der Waals surface area contributed by atoms with Gasteiger partial charge in [-0.1, -0.05) is 297 Å². The average molecular weight is 906 g/mol. The Morgan fingerprint density at radius 3 is 0.625 bits per heavy atom. The number of esters is 3. The molecule has 1 unspecified atom stereocenters. The normalized spacial score (nSPS) is 11.9. The van der Waals surface area contributed by atoms with Crippen molar-refractivity contribution in [2.75, 3.05) is 13.2 Å². The fraction of sp³-hybridized carbons (Fsp3) is 0.948. The molecule has 1 atom stereocenters. The number of ether oxygens (including phenoxy) is 3. The van der Waals surface area contributed by atoms with E-state index in [9.17, 15) is 14.4 Å². The summed E-state index contributed by atoms with van der Waals surface area (Å²) in [6.07, 6.45) is 59.6. The van der Waals surface area contributed by atoms with Crippen LogP contribution in [0, 0.1) is 0 Å². The SMILES string of the molecule is CCCCCCCCCCCCCCCCCCCCCCCCC(=O)OCC(COC(=O)CCCCCCCCCCCC)OC(=O)CCCCCCCCCCCCCCCC. The zero-order valence-electron chi connectivity index (χ0n) is 43.6. The Bertz CT molecular complexity index is 951. The van der Waals surface area contributed by atoms with Crippen molar-refractivity contribution in [1.29, 1.82) is 0 Å². The lowest BCUT2D eigenvalue weighted by atomic mass is 10.0. The molecule has 0 aromatic carbocycles. The zero-order valence-corrected chi connectivity index (χ0v) is 43.6. The molecule has 0 fully saturated rings. The molecule has 380 valence electrons. The second-order valence-electron chi connectivity index (χ2n) is 19.9. The monoisotopic (exact) mass is 905 g/mol. The van der Waals surface area contributed by atoms with Crippen LogP contribution in [0.4, 0.5) is 0 Å². The van der Waals surface area contributed by atoms with Crippen LogP contribution in [0.2, 0.25) is 0 Å². The molecule has 0 aliphatic rings. The molecule has 0 N–H and O–H groups in total. The zero-order chi connectivity index (χ0) is 46.5. The van der Waals surface area contributed by atoms with Crippen molar-refractivity contribution >= 4 is 17.9 Å². The molecule has 0 rings (SSSR count). The molecule has 0 aromatic rings. The van der Waals surface area contributed by atoms with Gasteiger partial charge in [-0.05, 0) is 19.3 Å². The van der Waals surface area contributed by atoms with Gasteiger partial charge in [0.15, 0.2) is 6.10 Å². The number of carbonyl (C=O) groups is 3. The Hall–Kier alpha value is -1.59. The number of unbranched alkanes of at least 4 members (excludes halogenated alkanes) is 43. The van der Waals surface area contributed by atoms with Crippen molar-refractivity contribution in [3.8, 4) is 0 Å². The predicted octanol–water partition coefficient (Wildman–Crippen LogP) is 19.2. The quantitative estimate of drug-likeness (QED) is 0.0344. The van der Waals surface area contributed by atoms with Crippen LogP contribution in [-0.4, -0.2) is 37.2 Å². The third kappa shape index (κ3) is 51.4. The fourth-order valence-electron chi connectivity index (χ4n) is 8.98. The van der Waals surface area contributed by atoms with Gasteiger partial charge in [-0.25, -0.2) is 0 Å². The molecule has 0 aliphatic carbocycles. The van der Waals surface area contributed by atoms with E-state index in [1.54, 1.807) is 0 Å². The van der Waals surface area contributed by atoms with Crippen LogP contribution in [0.5, 0.6) is 0 Å². The summed E-state index contributed by atoms with van der Waals surface area (Å²) in [6.45, 7) is 6.69. The maximum absolute atomic E-state index is 12.8. The van der Waals surface area contributed by atoms with E-state index in [1.165, 1.54) is 238 Å². The first kappa shape index (κ1) is 62.4. The highest BCUT2D eigenvalue weighted by atomic mass is 16.6. The van der Waals surface area contributed by atoms with Gasteiger partial charge in [0.1, 0.15) is 13.2 Å². The minimum absolute atomic E-state index is 0.0614. The molecule has 0 radical (unpaired) electrons. The van der Waals surface area contributed by atoms with Crippen molar-refractivity contribution in [1.82, 2.24) is 0 Å². The summed E-state index contributed by atoms with van der Waals surface area (Å²) in [6, 6.07) is 0. The molecule has 6 heteroatoms. The summed E-state index contributed by atoms with van der Waals surface area (Å²) in [5.41, 5.74) is 0. The summed E-state index contributed by atoms with van der Waals surface area (Å²) < 4.78 is 16.8. The molecule has 6 nitrogen and oxygen atoms in total. The first-order chi connectivity index (χ1) is 31.5. The standard InChI is InChI=1S/C58H112O6/c1-4-7-10-13-16-19-22-24-26-27-28-29-30-31-32-33-35-36-39-42-45-48-51-57(60)63-54-55(53-62-56(59)50-47-44-41-38-21-18-15-12-9-6-3)64-58(61)52-49-46-43-40-37-34-25-23-20-17-14-11-8-5-2/h55H,4-54H2,1-3H3. The van der Waals surface area contributed by atoms with E-state index < -0.39 is 6.10 Å². The lowest BCUT2D eigenvalue weighted by molar-refractivity contribution is -0.167. The van der Waals surface area contributed by atoms with Gasteiger partial charge in [0.2, 0.25) is 0 Å². The topological polar surface area (TPSA) is 78.9 Å². The van der Waals surface area contributed by atoms with E-state index in [0.29, 0.717) is 19.3 Å². The van der Waals surface area contributed by atoms with E-state index in [0.717, 1.165) is 57.8 Å². The smallest absolute Gasteiger partial charge is 0.306 e. The number of rotatable bonds is 54. The number of hydrogen-bond acceptors (Lipinski definition) is 6. The van der Waals surface area contributed by atoms with Gasteiger partial charge < -0.3 is 14.2 Å². The molecule has 0 amide bonds. The maximum atomic E-state index is 12.8. The van der Waals surface area contributed by atoms with E-state index in [1.807, 2.05) is 0 Å². The van der Waals surface area contributed by atoms with Crippen LogP contribution in [0.15, 0.2) is 0 Å². The van der Waals surface area contributed by atoms with Crippen molar-refractivity contribution in [3.05, 3.63) is 0 Å². The van der Waals surface area contributed by atoms with Crippen LogP contribution < -0.4 is 0 Å². The van der Waals surface area contributed by atoms with Gasteiger partial charge >= 0.3 is 17.9 Å². The minimum atomic E-state index is -0.760. The summed E-state index contributed by atoms with van der Waals surface area (Å²) in [5, 5.41) is 0. The molecule has 0 saturated carbocycles. The molecule has 64 heavy (non-hydrogen) atoms. The molecule has 0 aliphatic heterocycles. The van der Waals surface area contributed by atoms with Crippen LogP contribution in [-0.2, 0) is 28.6 Å². The summed E-state index contributed by atoms with van der Waals surface area (Å²) in [7, 11) is 0. The Kier molecular flexibility index (Phi) is 52.7. The van der Waals surface area contributed by atoms with Gasteiger partial charge in [-0.3, -0.25) is 14.4 Å². The van der Waals surface area contributed by atoms with Crippen LogP contribution in [0.25, 0.3) is 0 Å². The Labute approximate surface area is 399 Å². The Balaban J connectivity index is 4.17. The van der Waals surface area contributed by atoms with Gasteiger partial charge in [0, 0.05) is 19.3 Å². The minimum Gasteiger partial charge on any atom is -0.462 e. The molecular weight excluding hydrogens is 793 g/mol. The first-order valence-corrected chi connectivity index (χ1v) is 29.0. The van der Waals surface area contributed by atoms with Crippen molar-refractivity contribution < 1.29 is 28.6 Å². The van der Waals surface area contributed by atoms with Crippen LogP contribution >= 0.6 is 0 Å². The van der Waals surface area contributed by atoms with Gasteiger partial charge in [-0.2, -0.15) is 0 Å². The molecule has 0 heterocycles. The Morgan fingerprint density at radius 2 is 0.422 bits per heavy atom. The van der Waals surface area contributed by atoms with E-state index in [2.05, 4.69) is 20.8 Å². The van der Waals surface area contributed by atoms with Crippen LogP contribution in [0.1, 0.15) is 335 Å². The molecule has 0 saturated heterocycles. The highest BCUT2D eigenvalue weighted by Crippen LogP contribution is 2.18. The molecule has 0 aromatic heterocycles. The van der Waals surface area contributed by atoms with Crippen LogP contribution in [0.3, 0.4) is 0 Å². The highest BCUT2D eigenvalue weighted by Gasteiger charge is 2.19. The van der Waals surface area contributed by atoms with Gasteiger partial charge in [0.25, 0.3) is 0 Å². The third-order valence-corrected chi connectivity index (χ3v) is 13.4. The predicted molar refractivity (Wildman–Crippen MR) is 275 cm³/mol. The summed E-state index contributed by atoms with van der Waals surface area (Å²) in [4.78, 5) is 38.0. The summed E-state index contributed by atoms with van der Waals surface area (Å²) >= 11 is 0. The van der Waals surface area contributed by atoms with E-state index >= 15 is 0 Å². The lowest BCUT2D eigenvalue weighted by Gasteiger charge is -2.18. The van der Waals surface area contributed by atoms with Crippen molar-refractivity contribution in [3.63, 3.8) is 0 Å². The second-order valence-corrected chi connectivity index (χ2v) is 19.9. The average Bonchev–Trinajstić information content (AvgIpc) is 3.29. The maximum Gasteiger partial charge on any atom is 0.306 e. The first-order valence-electron chi connectivity index (χ1n) is 29.0. The van der Waals surface area contributed by atoms with Gasteiger partial charge in [-0.15, -0.1) is 0 Å². The molecule has 0 bridgehead atoms. The fourth-order valence-corrected chi connectivity index (χ4v) is 8.98. The summed E-state index contributed by atoms with van der Waals surface area (Å²) in [5.74, 6) is -0.836. The number of carbonyl (C=O) groups excluding carboxylic acids is 3. The van der Waals surface area contributed by atoms with Crippen molar-refractivity contribution in [2.45, 2.75) is 341 Å². The second kappa shape index (κ2) is 54.0. The highest BCUT2D eigenvalue weighted by molar-refractivity contribution is 5.71. The van der Waals surface area contributed by atoms with Gasteiger partial charge in [0.05, 0.1) is 0 Å². The molecular formula is C58H112O6. The Morgan fingerprint density at radius 1 is 0.250 bits per heavy atom. The number of hydrogen-bond donors (Lipinski definition) is 0.